The first-order valence-electron chi connectivity index (χ1n) is 4.28. The third-order valence-corrected chi connectivity index (χ3v) is 3.21. The third kappa shape index (κ3) is 0.815. The summed E-state index contributed by atoms with van der Waals surface area (Å²) in [5, 5.41) is 18.4. The highest BCUT2D eigenvalue weighted by molar-refractivity contribution is 5.18. The number of ether oxygens (including phenoxy) is 1. The average molecular weight is 170 g/mol. The van der Waals surface area contributed by atoms with Crippen LogP contribution in [-0.4, -0.2) is 35.6 Å². The molecule has 3 nitrogen and oxygen atoms in total. The standard InChI is InChI=1S/C9H14O3/c1-9(5-11)6(4-10)7-2-3-8(9)12-7/h2-3,6-8,10-11H,4-5H2,1H3. The summed E-state index contributed by atoms with van der Waals surface area (Å²) >= 11 is 0. The van der Waals surface area contributed by atoms with Gasteiger partial charge in [0, 0.05) is 17.9 Å². The van der Waals surface area contributed by atoms with E-state index in [2.05, 4.69) is 0 Å². The summed E-state index contributed by atoms with van der Waals surface area (Å²) in [7, 11) is 0. The first-order valence-corrected chi connectivity index (χ1v) is 4.28. The zero-order chi connectivity index (χ0) is 8.77. The highest BCUT2D eigenvalue weighted by Gasteiger charge is 2.53. The smallest absolute Gasteiger partial charge is 0.0845 e. The monoisotopic (exact) mass is 170 g/mol. The second-order valence-electron chi connectivity index (χ2n) is 3.86. The van der Waals surface area contributed by atoms with Crippen LogP contribution in [0.15, 0.2) is 12.2 Å². The van der Waals surface area contributed by atoms with E-state index < -0.39 is 0 Å². The number of hydrogen-bond donors (Lipinski definition) is 2. The van der Waals surface area contributed by atoms with Crippen LogP contribution in [0.4, 0.5) is 0 Å². The van der Waals surface area contributed by atoms with E-state index in [1.54, 1.807) is 0 Å². The molecule has 2 bridgehead atoms. The first kappa shape index (κ1) is 8.23. The van der Waals surface area contributed by atoms with Gasteiger partial charge in [-0.25, -0.2) is 0 Å². The van der Waals surface area contributed by atoms with Gasteiger partial charge < -0.3 is 14.9 Å². The maximum absolute atomic E-state index is 9.22. The zero-order valence-corrected chi connectivity index (χ0v) is 7.10. The van der Waals surface area contributed by atoms with Crippen molar-refractivity contribution >= 4 is 0 Å². The minimum absolute atomic E-state index is 0.00958. The Hall–Kier alpha value is -0.380. The summed E-state index contributed by atoms with van der Waals surface area (Å²) in [4.78, 5) is 0. The second kappa shape index (κ2) is 2.55. The van der Waals surface area contributed by atoms with Gasteiger partial charge in [-0.3, -0.25) is 0 Å². The lowest BCUT2D eigenvalue weighted by atomic mass is 9.71. The summed E-state index contributed by atoms with van der Waals surface area (Å²) < 4.78 is 5.55. The minimum atomic E-state index is -0.284. The molecule has 12 heavy (non-hydrogen) atoms. The van der Waals surface area contributed by atoms with Crippen LogP contribution in [0.5, 0.6) is 0 Å². The molecule has 0 saturated carbocycles. The van der Waals surface area contributed by atoms with Crippen LogP contribution >= 0.6 is 0 Å². The topological polar surface area (TPSA) is 49.7 Å². The molecular weight excluding hydrogens is 156 g/mol. The molecule has 0 radical (unpaired) electrons. The Balaban J connectivity index is 2.28. The Morgan fingerprint density at radius 2 is 2.17 bits per heavy atom. The summed E-state index contributed by atoms with van der Waals surface area (Å²) in [5.74, 6) is 0.0532. The lowest BCUT2D eigenvalue weighted by Crippen LogP contribution is -2.40. The molecule has 2 N–H and O–H groups in total. The lowest BCUT2D eigenvalue weighted by molar-refractivity contribution is 0.0409. The van der Waals surface area contributed by atoms with Crippen molar-refractivity contribution in [2.45, 2.75) is 19.1 Å². The number of fused-ring (bicyclic) bond motifs is 2. The molecule has 68 valence electrons. The average Bonchev–Trinajstić information content (AvgIpc) is 2.63. The molecule has 4 atom stereocenters. The van der Waals surface area contributed by atoms with Gasteiger partial charge in [0.05, 0.1) is 18.8 Å². The number of hydrogen-bond acceptors (Lipinski definition) is 3. The van der Waals surface area contributed by atoms with Crippen LogP contribution < -0.4 is 0 Å². The molecular formula is C9H14O3. The molecule has 0 spiro atoms. The predicted octanol–water partition coefficient (Wildman–Crippen LogP) is -0.0693. The van der Waals surface area contributed by atoms with Crippen molar-refractivity contribution in [3.63, 3.8) is 0 Å². The molecule has 0 amide bonds. The number of rotatable bonds is 2. The largest absolute Gasteiger partial charge is 0.396 e. The van der Waals surface area contributed by atoms with E-state index in [9.17, 15) is 5.11 Å². The van der Waals surface area contributed by atoms with Gasteiger partial charge in [0.2, 0.25) is 0 Å². The Labute approximate surface area is 71.7 Å². The van der Waals surface area contributed by atoms with Gasteiger partial charge in [0.15, 0.2) is 0 Å². The maximum atomic E-state index is 9.22. The molecule has 0 aromatic heterocycles. The van der Waals surface area contributed by atoms with Gasteiger partial charge in [-0.05, 0) is 0 Å². The van der Waals surface area contributed by atoms with Gasteiger partial charge >= 0.3 is 0 Å². The molecule has 2 aliphatic rings. The predicted molar refractivity (Wildman–Crippen MR) is 43.6 cm³/mol. The Kier molecular flexibility index (Phi) is 1.75. The molecule has 0 aromatic carbocycles. The highest BCUT2D eigenvalue weighted by Crippen LogP contribution is 2.47. The number of aliphatic hydroxyl groups is 2. The van der Waals surface area contributed by atoms with Crippen LogP contribution in [0.3, 0.4) is 0 Å². The summed E-state index contributed by atoms with van der Waals surface area (Å²) in [5.41, 5.74) is -0.284. The van der Waals surface area contributed by atoms with Gasteiger partial charge in [0.1, 0.15) is 0 Å². The fourth-order valence-corrected chi connectivity index (χ4v) is 2.18. The van der Waals surface area contributed by atoms with Gasteiger partial charge in [0.25, 0.3) is 0 Å². The minimum Gasteiger partial charge on any atom is -0.396 e. The van der Waals surface area contributed by atoms with Gasteiger partial charge in [-0.15, -0.1) is 0 Å². The lowest BCUT2D eigenvalue weighted by Gasteiger charge is -2.32. The van der Waals surface area contributed by atoms with Crippen LogP contribution in [-0.2, 0) is 4.74 Å². The summed E-state index contributed by atoms with van der Waals surface area (Å²) in [6.07, 6.45) is 3.96. The van der Waals surface area contributed by atoms with E-state index >= 15 is 0 Å². The summed E-state index contributed by atoms with van der Waals surface area (Å²) in [6, 6.07) is 0. The third-order valence-electron chi connectivity index (χ3n) is 3.21. The van der Waals surface area contributed by atoms with Crippen LogP contribution in [0, 0.1) is 11.3 Å². The molecule has 1 fully saturated rings. The van der Waals surface area contributed by atoms with Crippen LogP contribution in [0.25, 0.3) is 0 Å². The maximum Gasteiger partial charge on any atom is 0.0845 e. The van der Waals surface area contributed by atoms with E-state index in [0.717, 1.165) is 0 Å². The Morgan fingerprint density at radius 3 is 2.67 bits per heavy atom. The molecule has 2 aliphatic heterocycles. The van der Waals surface area contributed by atoms with E-state index in [1.165, 1.54) is 0 Å². The molecule has 2 heterocycles. The molecule has 3 heteroatoms. The fourth-order valence-electron chi connectivity index (χ4n) is 2.18. The van der Waals surface area contributed by atoms with Crippen LogP contribution in [0.1, 0.15) is 6.92 Å². The molecule has 2 rings (SSSR count). The fraction of sp³-hybridized carbons (Fsp3) is 0.778. The van der Waals surface area contributed by atoms with E-state index in [4.69, 9.17) is 9.84 Å². The van der Waals surface area contributed by atoms with Crippen molar-refractivity contribution in [3.8, 4) is 0 Å². The van der Waals surface area contributed by atoms with Gasteiger partial charge in [-0.2, -0.15) is 0 Å². The van der Waals surface area contributed by atoms with E-state index in [0.29, 0.717) is 0 Å². The zero-order valence-electron chi connectivity index (χ0n) is 7.10. The quantitative estimate of drug-likeness (QED) is 0.570. The van der Waals surface area contributed by atoms with Crippen molar-refractivity contribution in [2.24, 2.45) is 11.3 Å². The van der Waals surface area contributed by atoms with Crippen molar-refractivity contribution < 1.29 is 14.9 Å². The first-order chi connectivity index (χ1) is 5.72. The Morgan fingerprint density at radius 1 is 1.42 bits per heavy atom. The van der Waals surface area contributed by atoms with Crippen molar-refractivity contribution in [1.29, 1.82) is 0 Å². The summed E-state index contributed by atoms with van der Waals surface area (Å²) in [6.45, 7) is 2.12. The van der Waals surface area contributed by atoms with Gasteiger partial charge in [-0.1, -0.05) is 19.1 Å². The highest BCUT2D eigenvalue weighted by atomic mass is 16.5. The van der Waals surface area contributed by atoms with Crippen LogP contribution in [0.2, 0.25) is 0 Å². The van der Waals surface area contributed by atoms with E-state index in [-0.39, 0.29) is 36.8 Å². The van der Waals surface area contributed by atoms with Crippen molar-refractivity contribution in [2.75, 3.05) is 13.2 Å². The molecule has 1 saturated heterocycles. The Bertz CT molecular complexity index is 214. The SMILES string of the molecule is CC1(CO)C2C=CC(O2)C1CO. The number of aliphatic hydroxyl groups excluding tert-OH is 2. The van der Waals surface area contributed by atoms with Crippen molar-refractivity contribution in [1.82, 2.24) is 0 Å². The molecule has 0 aliphatic carbocycles. The van der Waals surface area contributed by atoms with Crippen molar-refractivity contribution in [3.05, 3.63) is 12.2 Å². The molecule has 0 aromatic rings. The normalized spacial score (nSPS) is 50.4. The molecule has 4 unspecified atom stereocenters. The second-order valence-corrected chi connectivity index (χ2v) is 3.86. The van der Waals surface area contributed by atoms with E-state index in [1.807, 2.05) is 19.1 Å².